The molecule has 1 aromatic heterocycles. The number of para-hydroxylation sites is 1. The summed E-state index contributed by atoms with van der Waals surface area (Å²) >= 11 is 1.37. The van der Waals surface area contributed by atoms with Gasteiger partial charge >= 0.3 is 0 Å². The van der Waals surface area contributed by atoms with Crippen LogP contribution in [0, 0.1) is 18.3 Å². The number of carbonyl (C=O) groups is 3. The first-order valence-electron chi connectivity index (χ1n) is 10.4. The lowest BCUT2D eigenvalue weighted by Crippen LogP contribution is -2.31. The van der Waals surface area contributed by atoms with Gasteiger partial charge in [0.05, 0.1) is 27.9 Å². The van der Waals surface area contributed by atoms with E-state index in [0.29, 0.717) is 50.8 Å². The number of pyridine rings is 1. The lowest BCUT2D eigenvalue weighted by atomic mass is 10.1. The number of fused-ring (bicyclic) bond motifs is 1. The van der Waals surface area contributed by atoms with Crippen LogP contribution in [0.5, 0.6) is 0 Å². The molecule has 1 aliphatic heterocycles. The van der Waals surface area contributed by atoms with Gasteiger partial charge < -0.3 is 5.32 Å². The molecule has 1 N–H and O–H groups in total. The molecule has 1 aliphatic rings. The maximum atomic E-state index is 12.6. The predicted octanol–water partition coefficient (Wildman–Crippen LogP) is 4.29. The summed E-state index contributed by atoms with van der Waals surface area (Å²) < 4.78 is 0. The first-order chi connectivity index (χ1) is 16.0. The molecule has 164 valence electrons. The summed E-state index contributed by atoms with van der Waals surface area (Å²) in [5.74, 6) is -0.323. The Kier molecular flexibility index (Phi) is 6.52. The number of nitriles is 1. The molecular formula is C25H20N4O3S. The van der Waals surface area contributed by atoms with E-state index in [1.165, 1.54) is 16.7 Å². The lowest BCUT2D eigenvalue weighted by Gasteiger charge is -2.14. The van der Waals surface area contributed by atoms with Crippen LogP contribution in [0.15, 0.2) is 65.7 Å². The fourth-order valence-electron chi connectivity index (χ4n) is 3.56. The SMILES string of the molecule is Cc1nc(SCCCN2C(=O)c3ccccc3C2=O)c(C#N)cc1C(=O)Nc1ccccc1. The molecule has 0 unspecified atom stereocenters. The number of imide groups is 1. The predicted molar refractivity (Wildman–Crippen MR) is 125 cm³/mol. The third kappa shape index (κ3) is 4.64. The zero-order chi connectivity index (χ0) is 23.4. The summed E-state index contributed by atoms with van der Waals surface area (Å²) in [5, 5.41) is 12.9. The molecule has 0 saturated carbocycles. The standard InChI is InChI=1S/C25H20N4O3S/c1-16-21(22(30)28-18-8-3-2-4-9-18)14-17(15-26)23(27-16)33-13-7-12-29-24(31)19-10-5-6-11-20(19)25(29)32/h2-6,8-11,14H,7,12-13H2,1H3,(H,28,30). The van der Waals surface area contributed by atoms with E-state index in [1.54, 1.807) is 49.4 Å². The smallest absolute Gasteiger partial charge is 0.261 e. The van der Waals surface area contributed by atoms with E-state index in [9.17, 15) is 19.6 Å². The van der Waals surface area contributed by atoms with Crippen molar-refractivity contribution >= 4 is 35.2 Å². The maximum absolute atomic E-state index is 12.6. The van der Waals surface area contributed by atoms with E-state index >= 15 is 0 Å². The van der Waals surface area contributed by atoms with Crippen molar-refractivity contribution in [2.45, 2.75) is 18.4 Å². The fourth-order valence-corrected chi connectivity index (χ4v) is 4.49. The van der Waals surface area contributed by atoms with Crippen LogP contribution in [0.2, 0.25) is 0 Å². The van der Waals surface area contributed by atoms with Crippen LogP contribution in [0.25, 0.3) is 0 Å². The van der Waals surface area contributed by atoms with Crippen molar-refractivity contribution in [1.29, 1.82) is 5.26 Å². The van der Waals surface area contributed by atoms with Gasteiger partial charge in [0.1, 0.15) is 11.1 Å². The molecule has 2 heterocycles. The van der Waals surface area contributed by atoms with E-state index in [2.05, 4.69) is 16.4 Å². The van der Waals surface area contributed by atoms with Crippen LogP contribution in [-0.2, 0) is 0 Å². The average molecular weight is 457 g/mol. The van der Waals surface area contributed by atoms with E-state index in [0.717, 1.165) is 0 Å². The largest absolute Gasteiger partial charge is 0.322 e. The number of benzene rings is 2. The second kappa shape index (κ2) is 9.67. The van der Waals surface area contributed by atoms with E-state index in [4.69, 9.17) is 0 Å². The van der Waals surface area contributed by atoms with Crippen molar-refractivity contribution in [2.24, 2.45) is 0 Å². The van der Waals surface area contributed by atoms with Gasteiger partial charge in [-0.25, -0.2) is 4.98 Å². The van der Waals surface area contributed by atoms with E-state index < -0.39 is 0 Å². The Hall–Kier alpha value is -3.96. The second-order valence-electron chi connectivity index (χ2n) is 7.42. The molecule has 0 atom stereocenters. The minimum atomic E-state index is -0.329. The highest BCUT2D eigenvalue weighted by Crippen LogP contribution is 2.26. The topological polar surface area (TPSA) is 103 Å². The van der Waals surface area contributed by atoms with Crippen LogP contribution < -0.4 is 5.32 Å². The maximum Gasteiger partial charge on any atom is 0.261 e. The van der Waals surface area contributed by atoms with Crippen molar-refractivity contribution < 1.29 is 14.4 Å². The molecule has 3 aromatic rings. The first kappa shape index (κ1) is 22.2. The highest BCUT2D eigenvalue weighted by molar-refractivity contribution is 7.99. The first-order valence-corrected chi connectivity index (χ1v) is 11.3. The summed E-state index contributed by atoms with van der Waals surface area (Å²) in [5.41, 5.74) is 2.69. The highest BCUT2D eigenvalue weighted by atomic mass is 32.2. The Bertz CT molecular complexity index is 1250. The summed E-state index contributed by atoms with van der Waals surface area (Å²) in [6.07, 6.45) is 0.554. The molecule has 0 bridgehead atoms. The molecule has 0 fully saturated rings. The monoisotopic (exact) mass is 456 g/mol. The van der Waals surface area contributed by atoms with Gasteiger partial charge in [-0.1, -0.05) is 30.3 Å². The van der Waals surface area contributed by atoms with Crippen molar-refractivity contribution in [3.8, 4) is 6.07 Å². The van der Waals surface area contributed by atoms with Crippen molar-refractivity contribution in [3.05, 3.63) is 88.6 Å². The Balaban J connectivity index is 1.38. The minimum absolute atomic E-state index is 0.277. The molecule has 0 aliphatic carbocycles. The van der Waals surface area contributed by atoms with Crippen molar-refractivity contribution in [1.82, 2.24) is 9.88 Å². The summed E-state index contributed by atoms with van der Waals surface area (Å²) in [4.78, 5) is 43.3. The minimum Gasteiger partial charge on any atom is -0.322 e. The van der Waals surface area contributed by atoms with Gasteiger partial charge in [0.2, 0.25) is 0 Å². The molecule has 0 radical (unpaired) electrons. The molecule has 8 heteroatoms. The molecule has 0 saturated heterocycles. The normalized spacial score (nSPS) is 12.4. The molecular weight excluding hydrogens is 436 g/mol. The average Bonchev–Trinajstić information content (AvgIpc) is 3.07. The molecule has 0 spiro atoms. The van der Waals surface area contributed by atoms with Gasteiger partial charge in [-0.15, -0.1) is 11.8 Å². The number of rotatable bonds is 7. The number of aryl methyl sites for hydroxylation is 1. The number of nitrogens with zero attached hydrogens (tertiary/aromatic N) is 3. The Labute approximate surface area is 195 Å². The Morgan fingerprint density at radius 1 is 1.06 bits per heavy atom. The number of hydrogen-bond acceptors (Lipinski definition) is 6. The summed E-state index contributed by atoms with van der Waals surface area (Å²) in [6.45, 7) is 2.02. The Morgan fingerprint density at radius 3 is 2.33 bits per heavy atom. The van der Waals surface area contributed by atoms with Gasteiger partial charge in [-0.05, 0) is 43.7 Å². The number of amides is 3. The molecule has 7 nitrogen and oxygen atoms in total. The third-order valence-electron chi connectivity index (χ3n) is 5.22. The van der Waals surface area contributed by atoms with E-state index in [-0.39, 0.29) is 24.3 Å². The van der Waals surface area contributed by atoms with Gasteiger partial charge in [-0.2, -0.15) is 5.26 Å². The van der Waals surface area contributed by atoms with E-state index in [1.807, 2.05) is 18.2 Å². The highest BCUT2D eigenvalue weighted by Gasteiger charge is 2.34. The van der Waals surface area contributed by atoms with Crippen molar-refractivity contribution in [3.63, 3.8) is 0 Å². The number of carbonyl (C=O) groups excluding carboxylic acids is 3. The molecule has 2 aromatic carbocycles. The van der Waals surface area contributed by atoms with Gasteiger partial charge in [0.15, 0.2) is 0 Å². The molecule has 3 amide bonds. The number of aromatic nitrogens is 1. The number of nitrogens with one attached hydrogen (secondary N) is 1. The number of hydrogen-bond donors (Lipinski definition) is 1. The summed E-state index contributed by atoms with van der Waals surface area (Å²) in [7, 11) is 0. The lowest BCUT2D eigenvalue weighted by molar-refractivity contribution is 0.0654. The van der Waals surface area contributed by atoms with Crippen LogP contribution in [0.1, 0.15) is 48.8 Å². The quantitative estimate of drug-likeness (QED) is 0.323. The van der Waals surface area contributed by atoms with Gasteiger partial charge in [0.25, 0.3) is 17.7 Å². The van der Waals surface area contributed by atoms with Crippen LogP contribution in [-0.4, -0.2) is 39.9 Å². The molecule has 33 heavy (non-hydrogen) atoms. The van der Waals surface area contributed by atoms with Crippen LogP contribution in [0.4, 0.5) is 5.69 Å². The van der Waals surface area contributed by atoms with Gasteiger partial charge in [-0.3, -0.25) is 19.3 Å². The molecule has 4 rings (SSSR count). The second-order valence-corrected chi connectivity index (χ2v) is 8.50. The Morgan fingerprint density at radius 2 is 1.70 bits per heavy atom. The van der Waals surface area contributed by atoms with Crippen LogP contribution >= 0.6 is 11.8 Å². The number of thioether (sulfide) groups is 1. The zero-order valence-electron chi connectivity index (χ0n) is 17.9. The third-order valence-corrected chi connectivity index (χ3v) is 6.30. The summed E-state index contributed by atoms with van der Waals surface area (Å²) in [6, 6.07) is 19.5. The van der Waals surface area contributed by atoms with Crippen LogP contribution in [0.3, 0.4) is 0 Å². The fraction of sp³-hybridized carbons (Fsp3) is 0.160. The van der Waals surface area contributed by atoms with Gasteiger partial charge in [0, 0.05) is 18.0 Å². The zero-order valence-corrected chi connectivity index (χ0v) is 18.7. The van der Waals surface area contributed by atoms with Crippen molar-refractivity contribution in [2.75, 3.05) is 17.6 Å². The number of anilines is 1.